The maximum Gasteiger partial charge on any atom is 0.227 e. The van der Waals surface area contributed by atoms with Crippen molar-refractivity contribution < 1.29 is 4.79 Å². The number of amides is 1. The summed E-state index contributed by atoms with van der Waals surface area (Å²) in [6, 6.07) is 9.69. The number of hydrogen-bond acceptors (Lipinski definition) is 3. The zero-order chi connectivity index (χ0) is 15.4. The summed E-state index contributed by atoms with van der Waals surface area (Å²) in [5, 5.41) is 5.01. The van der Waals surface area contributed by atoms with Gasteiger partial charge in [0, 0.05) is 37.7 Å². The van der Waals surface area contributed by atoms with Crippen LogP contribution in [-0.2, 0) is 17.8 Å². The molecule has 0 unspecified atom stereocenters. The lowest BCUT2D eigenvalue weighted by Crippen LogP contribution is -2.48. The Hall–Kier alpha value is -1.36. The van der Waals surface area contributed by atoms with Crippen molar-refractivity contribution in [1.29, 1.82) is 0 Å². The highest BCUT2D eigenvalue weighted by molar-refractivity contribution is 7.07. The predicted molar refractivity (Wildman–Crippen MR) is 91.3 cm³/mol. The summed E-state index contributed by atoms with van der Waals surface area (Å²) >= 11 is 7.61. The third-order valence-electron chi connectivity index (χ3n) is 3.98. The Bertz CT molecular complexity index is 604. The number of carbonyl (C=O) groups excluding carboxylic acids is 1. The van der Waals surface area contributed by atoms with Crippen LogP contribution in [0, 0.1) is 0 Å². The lowest BCUT2D eigenvalue weighted by Gasteiger charge is -2.34. The van der Waals surface area contributed by atoms with E-state index in [1.165, 1.54) is 5.56 Å². The molecule has 1 fully saturated rings. The Labute approximate surface area is 140 Å². The number of piperazine rings is 1. The van der Waals surface area contributed by atoms with Crippen molar-refractivity contribution in [2.75, 3.05) is 26.2 Å². The summed E-state index contributed by atoms with van der Waals surface area (Å²) in [6.45, 7) is 4.51. The van der Waals surface area contributed by atoms with Crippen LogP contribution in [-0.4, -0.2) is 41.9 Å². The van der Waals surface area contributed by atoms with Crippen LogP contribution < -0.4 is 0 Å². The summed E-state index contributed by atoms with van der Waals surface area (Å²) in [6.07, 6.45) is 0.460. The molecule has 1 aliphatic heterocycles. The van der Waals surface area contributed by atoms with Gasteiger partial charge in [-0.15, -0.1) is 0 Å². The number of halogens is 1. The summed E-state index contributed by atoms with van der Waals surface area (Å²) in [4.78, 5) is 16.7. The molecule has 1 amide bonds. The van der Waals surface area contributed by atoms with Crippen LogP contribution in [0.15, 0.2) is 41.1 Å². The molecule has 1 aliphatic rings. The maximum atomic E-state index is 12.4. The minimum atomic E-state index is 0.206. The van der Waals surface area contributed by atoms with Crippen molar-refractivity contribution in [1.82, 2.24) is 9.80 Å². The fourth-order valence-electron chi connectivity index (χ4n) is 2.68. The molecule has 5 heteroatoms. The molecule has 1 saturated heterocycles. The zero-order valence-corrected chi connectivity index (χ0v) is 13.9. The lowest BCUT2D eigenvalue weighted by atomic mass is 10.1. The molecule has 1 aromatic carbocycles. The van der Waals surface area contributed by atoms with Crippen LogP contribution in [0.3, 0.4) is 0 Å². The Morgan fingerprint density at radius 3 is 2.41 bits per heavy atom. The van der Waals surface area contributed by atoms with Crippen LogP contribution >= 0.6 is 22.9 Å². The van der Waals surface area contributed by atoms with Gasteiger partial charge in [-0.25, -0.2) is 0 Å². The minimum absolute atomic E-state index is 0.206. The second kappa shape index (κ2) is 7.27. The average Bonchev–Trinajstić information content (AvgIpc) is 3.03. The van der Waals surface area contributed by atoms with Crippen LogP contribution in [0.1, 0.15) is 11.1 Å². The molecule has 3 rings (SSSR count). The van der Waals surface area contributed by atoms with Crippen molar-refractivity contribution in [2.24, 2.45) is 0 Å². The van der Waals surface area contributed by atoms with Crippen molar-refractivity contribution in [3.05, 3.63) is 57.2 Å². The first-order valence-electron chi connectivity index (χ1n) is 7.46. The molecule has 0 radical (unpaired) electrons. The second-order valence-corrected chi connectivity index (χ2v) is 6.81. The SMILES string of the molecule is O=C(Cc1ccc(Cl)cc1)N1CCN(Cc2ccsc2)CC1. The molecule has 0 N–H and O–H groups in total. The highest BCUT2D eigenvalue weighted by Gasteiger charge is 2.21. The fourth-order valence-corrected chi connectivity index (χ4v) is 3.47. The van der Waals surface area contributed by atoms with Gasteiger partial charge in [-0.3, -0.25) is 9.69 Å². The number of thiophene rings is 1. The van der Waals surface area contributed by atoms with E-state index in [2.05, 4.69) is 21.7 Å². The van der Waals surface area contributed by atoms with Crippen molar-refractivity contribution in [3.8, 4) is 0 Å². The van der Waals surface area contributed by atoms with Gasteiger partial charge in [-0.1, -0.05) is 23.7 Å². The maximum absolute atomic E-state index is 12.4. The first kappa shape index (κ1) is 15.5. The van der Waals surface area contributed by atoms with E-state index in [1.54, 1.807) is 11.3 Å². The summed E-state index contributed by atoms with van der Waals surface area (Å²) in [7, 11) is 0. The van der Waals surface area contributed by atoms with Crippen LogP contribution in [0.2, 0.25) is 5.02 Å². The number of hydrogen-bond donors (Lipinski definition) is 0. The first-order chi connectivity index (χ1) is 10.7. The molecule has 2 heterocycles. The average molecular weight is 335 g/mol. The lowest BCUT2D eigenvalue weighted by molar-refractivity contribution is -0.132. The monoisotopic (exact) mass is 334 g/mol. The molecule has 116 valence electrons. The largest absolute Gasteiger partial charge is 0.340 e. The normalized spacial score (nSPS) is 16.0. The first-order valence-corrected chi connectivity index (χ1v) is 8.78. The molecule has 0 spiro atoms. The molecule has 1 aromatic heterocycles. The van der Waals surface area contributed by atoms with Gasteiger partial charge >= 0.3 is 0 Å². The predicted octanol–water partition coefficient (Wildman–Crippen LogP) is 3.29. The minimum Gasteiger partial charge on any atom is -0.340 e. The standard InChI is InChI=1S/C17H19ClN2OS/c18-16-3-1-14(2-4-16)11-17(21)20-8-6-19(7-9-20)12-15-5-10-22-13-15/h1-5,10,13H,6-9,11-12H2. The Kier molecular flexibility index (Phi) is 5.13. The molecule has 0 atom stereocenters. The molecule has 2 aromatic rings. The number of rotatable bonds is 4. The summed E-state index contributed by atoms with van der Waals surface area (Å²) in [5.74, 6) is 0.206. The Morgan fingerprint density at radius 1 is 1.05 bits per heavy atom. The Morgan fingerprint density at radius 2 is 1.77 bits per heavy atom. The van der Waals surface area contributed by atoms with E-state index >= 15 is 0 Å². The van der Waals surface area contributed by atoms with Gasteiger partial charge in [-0.2, -0.15) is 11.3 Å². The Balaban J connectivity index is 1.48. The van der Waals surface area contributed by atoms with E-state index < -0.39 is 0 Å². The van der Waals surface area contributed by atoms with Crippen LogP contribution in [0.4, 0.5) is 0 Å². The van der Waals surface area contributed by atoms with Crippen molar-refractivity contribution in [2.45, 2.75) is 13.0 Å². The van der Waals surface area contributed by atoms with E-state index in [-0.39, 0.29) is 5.91 Å². The third kappa shape index (κ3) is 4.09. The van der Waals surface area contributed by atoms with Gasteiger partial charge < -0.3 is 4.90 Å². The fraction of sp³-hybridized carbons (Fsp3) is 0.353. The highest BCUT2D eigenvalue weighted by atomic mass is 35.5. The second-order valence-electron chi connectivity index (χ2n) is 5.59. The van der Waals surface area contributed by atoms with E-state index in [9.17, 15) is 4.79 Å². The number of carbonyl (C=O) groups is 1. The highest BCUT2D eigenvalue weighted by Crippen LogP contribution is 2.14. The third-order valence-corrected chi connectivity index (χ3v) is 4.96. The van der Waals surface area contributed by atoms with Crippen molar-refractivity contribution >= 4 is 28.8 Å². The van der Waals surface area contributed by atoms with E-state index in [0.717, 1.165) is 38.3 Å². The van der Waals surface area contributed by atoms with Gasteiger partial charge in [0.25, 0.3) is 0 Å². The molecule has 3 nitrogen and oxygen atoms in total. The number of nitrogens with zero attached hydrogens (tertiary/aromatic N) is 2. The quantitative estimate of drug-likeness (QED) is 0.856. The van der Waals surface area contributed by atoms with Gasteiger partial charge in [0.1, 0.15) is 0 Å². The topological polar surface area (TPSA) is 23.6 Å². The number of benzene rings is 1. The summed E-state index contributed by atoms with van der Waals surface area (Å²) < 4.78 is 0. The van der Waals surface area contributed by atoms with Crippen LogP contribution in [0.5, 0.6) is 0 Å². The molecular weight excluding hydrogens is 316 g/mol. The summed E-state index contributed by atoms with van der Waals surface area (Å²) in [5.41, 5.74) is 2.39. The van der Waals surface area contributed by atoms with Gasteiger partial charge in [0.05, 0.1) is 6.42 Å². The van der Waals surface area contributed by atoms with Gasteiger partial charge in [0.15, 0.2) is 0 Å². The molecule has 0 bridgehead atoms. The van der Waals surface area contributed by atoms with E-state index in [4.69, 9.17) is 11.6 Å². The molecular formula is C17H19ClN2OS. The molecule has 0 saturated carbocycles. The van der Waals surface area contributed by atoms with Gasteiger partial charge in [0.2, 0.25) is 5.91 Å². The smallest absolute Gasteiger partial charge is 0.227 e. The molecule has 22 heavy (non-hydrogen) atoms. The van der Waals surface area contributed by atoms with Crippen LogP contribution in [0.25, 0.3) is 0 Å². The molecule has 0 aliphatic carbocycles. The van der Waals surface area contributed by atoms with E-state index in [0.29, 0.717) is 11.4 Å². The zero-order valence-electron chi connectivity index (χ0n) is 12.4. The van der Waals surface area contributed by atoms with Gasteiger partial charge in [-0.05, 0) is 40.1 Å². The van der Waals surface area contributed by atoms with E-state index in [1.807, 2.05) is 29.2 Å². The van der Waals surface area contributed by atoms with Crippen molar-refractivity contribution in [3.63, 3.8) is 0 Å².